The number of nitrogens with one attached hydrogen (secondary N) is 1. The molecule has 2 heterocycles. The Bertz CT molecular complexity index is 636. The Morgan fingerprint density at radius 3 is 2.52 bits per heavy atom. The van der Waals surface area contributed by atoms with Gasteiger partial charge >= 0.3 is 5.97 Å². The van der Waals surface area contributed by atoms with Crippen molar-refractivity contribution in [3.05, 3.63) is 42.7 Å². The van der Waals surface area contributed by atoms with Gasteiger partial charge in [0, 0.05) is 16.2 Å². The summed E-state index contributed by atoms with van der Waals surface area (Å²) in [5.41, 5.74) is 0. The first-order valence-electron chi connectivity index (χ1n) is 6.37. The van der Waals surface area contributed by atoms with Crippen LogP contribution in [-0.2, 0) is 17.8 Å². The number of carbonyl (C=O) groups excluding carboxylic acids is 1. The molecular weight excluding hydrogens is 374 g/mol. The van der Waals surface area contributed by atoms with Crippen molar-refractivity contribution in [1.82, 2.24) is 5.32 Å². The minimum Gasteiger partial charge on any atom is -0.477 e. The molecule has 0 aliphatic heterocycles. The number of amides is 1. The minimum atomic E-state index is -0.931. The van der Waals surface area contributed by atoms with Gasteiger partial charge in [-0.25, -0.2) is 4.79 Å². The molecule has 2 aromatic heterocycles. The second-order valence-electron chi connectivity index (χ2n) is 4.41. The summed E-state index contributed by atoms with van der Waals surface area (Å²) in [5.74, 6) is -0.935. The average molecular weight is 388 g/mol. The zero-order valence-electron chi connectivity index (χ0n) is 11.1. The Balaban J connectivity index is 1.68. The number of hydrogen-bond acceptors (Lipinski definition) is 4. The Labute approximate surface area is 138 Å². The van der Waals surface area contributed by atoms with Crippen LogP contribution in [0.1, 0.15) is 32.3 Å². The van der Waals surface area contributed by atoms with Crippen LogP contribution in [0, 0.1) is 0 Å². The highest BCUT2D eigenvalue weighted by Crippen LogP contribution is 2.23. The van der Waals surface area contributed by atoms with E-state index in [4.69, 9.17) is 5.11 Å². The lowest BCUT2D eigenvalue weighted by Gasteiger charge is -2.03. The highest BCUT2D eigenvalue weighted by Gasteiger charge is 2.08. The van der Waals surface area contributed by atoms with Gasteiger partial charge in [0.05, 0.1) is 10.3 Å². The molecule has 0 aliphatic carbocycles. The minimum absolute atomic E-state index is 0.00380. The molecule has 4 nitrogen and oxygen atoms in total. The third kappa shape index (κ3) is 5.26. The molecule has 0 radical (unpaired) electrons. The Morgan fingerprint density at radius 2 is 1.90 bits per heavy atom. The van der Waals surface area contributed by atoms with Crippen molar-refractivity contribution in [2.24, 2.45) is 0 Å². The molecule has 0 atom stereocenters. The molecule has 0 bridgehead atoms. The molecule has 0 unspecified atom stereocenters. The van der Waals surface area contributed by atoms with E-state index in [0.29, 0.717) is 17.8 Å². The van der Waals surface area contributed by atoms with Crippen molar-refractivity contribution in [3.63, 3.8) is 0 Å². The van der Waals surface area contributed by atoms with Crippen LogP contribution in [0.4, 0.5) is 0 Å². The lowest BCUT2D eigenvalue weighted by molar-refractivity contribution is -0.121. The first kappa shape index (κ1) is 16.2. The predicted octanol–water partition coefficient (Wildman–Crippen LogP) is 3.91. The van der Waals surface area contributed by atoms with Gasteiger partial charge in [-0.3, -0.25) is 4.79 Å². The SMILES string of the molecule is O=C(CCCc1ccc(Br)s1)NCc1ccc(C(=O)O)s1. The second-order valence-corrected chi connectivity index (χ2v) is 8.12. The van der Waals surface area contributed by atoms with Gasteiger partial charge in [-0.05, 0) is 53.0 Å². The van der Waals surface area contributed by atoms with Crippen LogP contribution in [0.3, 0.4) is 0 Å². The number of aryl methyl sites for hydroxylation is 1. The molecule has 2 aromatic rings. The summed E-state index contributed by atoms with van der Waals surface area (Å²) in [5, 5.41) is 11.6. The molecule has 0 aliphatic rings. The van der Waals surface area contributed by atoms with E-state index in [1.807, 2.05) is 6.07 Å². The van der Waals surface area contributed by atoms with Gasteiger partial charge in [0.25, 0.3) is 0 Å². The number of carboxylic acid groups (broad SMARTS) is 1. The van der Waals surface area contributed by atoms with E-state index in [9.17, 15) is 9.59 Å². The fraction of sp³-hybridized carbons (Fsp3) is 0.286. The summed E-state index contributed by atoms with van der Waals surface area (Å²) in [6.07, 6.45) is 2.18. The number of halogens is 1. The van der Waals surface area contributed by atoms with Crippen molar-refractivity contribution in [2.75, 3.05) is 0 Å². The fourth-order valence-electron chi connectivity index (χ4n) is 1.77. The summed E-state index contributed by atoms with van der Waals surface area (Å²) in [4.78, 5) is 24.9. The third-order valence-electron chi connectivity index (χ3n) is 2.79. The van der Waals surface area contributed by atoms with Crippen LogP contribution >= 0.6 is 38.6 Å². The number of carboxylic acids is 1. The van der Waals surface area contributed by atoms with Crippen LogP contribution in [0.25, 0.3) is 0 Å². The van der Waals surface area contributed by atoms with E-state index in [1.165, 1.54) is 16.2 Å². The fourth-order valence-corrected chi connectivity index (χ4v) is 4.08. The summed E-state index contributed by atoms with van der Waals surface area (Å²) in [7, 11) is 0. The quantitative estimate of drug-likeness (QED) is 0.756. The number of thiophene rings is 2. The summed E-state index contributed by atoms with van der Waals surface area (Å²) < 4.78 is 1.11. The molecule has 21 heavy (non-hydrogen) atoms. The zero-order chi connectivity index (χ0) is 15.2. The molecule has 7 heteroatoms. The number of aromatic carboxylic acids is 1. The van der Waals surface area contributed by atoms with E-state index in [1.54, 1.807) is 23.5 Å². The van der Waals surface area contributed by atoms with Crippen LogP contribution in [-0.4, -0.2) is 17.0 Å². The first-order valence-corrected chi connectivity index (χ1v) is 8.80. The number of hydrogen-bond donors (Lipinski definition) is 2. The van der Waals surface area contributed by atoms with E-state index >= 15 is 0 Å². The van der Waals surface area contributed by atoms with Gasteiger partial charge < -0.3 is 10.4 Å². The number of carbonyl (C=O) groups is 2. The molecule has 1 amide bonds. The van der Waals surface area contributed by atoms with E-state index < -0.39 is 5.97 Å². The lowest BCUT2D eigenvalue weighted by Crippen LogP contribution is -2.21. The Kier molecular flexibility index (Phi) is 5.96. The van der Waals surface area contributed by atoms with Crippen molar-refractivity contribution >= 4 is 50.5 Å². The summed E-state index contributed by atoms with van der Waals surface area (Å²) in [6, 6.07) is 7.36. The second kappa shape index (κ2) is 7.72. The maximum absolute atomic E-state index is 11.7. The van der Waals surface area contributed by atoms with E-state index in [-0.39, 0.29) is 5.91 Å². The molecule has 0 saturated heterocycles. The predicted molar refractivity (Wildman–Crippen MR) is 88.1 cm³/mol. The summed E-state index contributed by atoms with van der Waals surface area (Å²) in [6.45, 7) is 0.390. The van der Waals surface area contributed by atoms with Gasteiger partial charge in [-0.2, -0.15) is 0 Å². The van der Waals surface area contributed by atoms with Crippen molar-refractivity contribution in [1.29, 1.82) is 0 Å². The normalized spacial score (nSPS) is 10.5. The Morgan fingerprint density at radius 1 is 1.14 bits per heavy atom. The highest BCUT2D eigenvalue weighted by molar-refractivity contribution is 9.11. The standard InChI is InChI=1S/C14H14BrNO3S2/c15-12-7-5-9(21-12)2-1-3-13(17)16-8-10-4-6-11(20-10)14(18)19/h4-7H,1-3,8H2,(H,16,17)(H,18,19). The maximum Gasteiger partial charge on any atom is 0.345 e. The van der Waals surface area contributed by atoms with E-state index in [2.05, 4.69) is 27.3 Å². The van der Waals surface area contributed by atoms with Crippen LogP contribution < -0.4 is 5.32 Å². The topological polar surface area (TPSA) is 66.4 Å². The maximum atomic E-state index is 11.7. The van der Waals surface area contributed by atoms with Crippen LogP contribution in [0.15, 0.2) is 28.1 Å². The van der Waals surface area contributed by atoms with Gasteiger partial charge in [0.15, 0.2) is 0 Å². The molecule has 0 saturated carbocycles. The van der Waals surface area contributed by atoms with Crippen LogP contribution in [0.2, 0.25) is 0 Å². The smallest absolute Gasteiger partial charge is 0.345 e. The zero-order valence-corrected chi connectivity index (χ0v) is 14.3. The van der Waals surface area contributed by atoms with Crippen LogP contribution in [0.5, 0.6) is 0 Å². The van der Waals surface area contributed by atoms with Crippen molar-refractivity contribution < 1.29 is 14.7 Å². The molecule has 0 fully saturated rings. The first-order chi connectivity index (χ1) is 10.0. The van der Waals surface area contributed by atoms with Crippen molar-refractivity contribution in [3.8, 4) is 0 Å². The Hall–Kier alpha value is -1.18. The molecule has 112 valence electrons. The lowest BCUT2D eigenvalue weighted by atomic mass is 10.2. The largest absolute Gasteiger partial charge is 0.477 e. The van der Waals surface area contributed by atoms with E-state index in [0.717, 1.165) is 21.5 Å². The van der Waals surface area contributed by atoms with Crippen molar-refractivity contribution in [2.45, 2.75) is 25.8 Å². The average Bonchev–Trinajstić information content (AvgIpc) is 3.05. The van der Waals surface area contributed by atoms with Gasteiger partial charge in [-0.15, -0.1) is 22.7 Å². The molecule has 2 N–H and O–H groups in total. The summed E-state index contributed by atoms with van der Waals surface area (Å²) >= 11 is 6.29. The molecule has 2 rings (SSSR count). The molecule has 0 aromatic carbocycles. The van der Waals surface area contributed by atoms with Gasteiger partial charge in [0.2, 0.25) is 5.91 Å². The van der Waals surface area contributed by atoms with Gasteiger partial charge in [-0.1, -0.05) is 0 Å². The molecule has 0 spiro atoms. The molecular formula is C14H14BrNO3S2. The number of rotatable bonds is 7. The van der Waals surface area contributed by atoms with Gasteiger partial charge in [0.1, 0.15) is 4.88 Å². The third-order valence-corrected chi connectivity index (χ3v) is 5.54. The monoisotopic (exact) mass is 387 g/mol. The highest BCUT2D eigenvalue weighted by atomic mass is 79.9.